The smallest absolute Gasteiger partial charge is 0.234 e. The van der Waals surface area contributed by atoms with E-state index in [1.54, 1.807) is 7.11 Å². The molecule has 2 N–H and O–H groups in total. The van der Waals surface area contributed by atoms with Gasteiger partial charge in [-0.25, -0.2) is 0 Å². The second-order valence-electron chi connectivity index (χ2n) is 6.38. The monoisotopic (exact) mass is 314 g/mol. The molecule has 2 aliphatic rings. The molecule has 0 bridgehead atoms. The highest BCUT2D eigenvalue weighted by Crippen LogP contribution is 2.38. The summed E-state index contributed by atoms with van der Waals surface area (Å²) in [5.74, 6) is 0.508. The summed E-state index contributed by atoms with van der Waals surface area (Å²) in [6, 6.07) is 5.76. The largest absolute Gasteiger partial charge is 0.497 e. The second-order valence-corrected chi connectivity index (χ2v) is 6.38. The lowest BCUT2D eigenvalue weighted by atomic mass is 9.85. The summed E-state index contributed by atoms with van der Waals surface area (Å²) in [4.78, 5) is 25.8. The Morgan fingerprint density at radius 3 is 3.00 bits per heavy atom. The minimum atomic E-state index is -0.537. The third kappa shape index (κ3) is 2.28. The number of amides is 2. The van der Waals surface area contributed by atoms with Crippen LogP contribution in [0.5, 0.6) is 5.75 Å². The van der Waals surface area contributed by atoms with Crippen LogP contribution in [0.1, 0.15) is 18.5 Å². The highest BCUT2D eigenvalue weighted by atomic mass is 16.5. The van der Waals surface area contributed by atoms with Crippen molar-refractivity contribution in [3.63, 3.8) is 0 Å². The topological polar surface area (TPSA) is 87.3 Å². The summed E-state index contributed by atoms with van der Waals surface area (Å²) < 4.78 is 5.27. The molecule has 2 saturated heterocycles. The van der Waals surface area contributed by atoms with Crippen LogP contribution in [0.25, 0.3) is 10.9 Å². The first kappa shape index (κ1) is 14.2. The standard InChI is InChI=1S/C16H18N4O3/c1-23-10-2-3-12-11(6-10)13(19-18-12)8-20-5-4-16(9-20)7-14(21)17-15(16)22/h2-3,6H,4-5,7-9H2,1H3,(H,18,19)(H,17,21,22)/t16-/m0/s1. The van der Waals surface area contributed by atoms with Crippen LogP contribution in [-0.2, 0) is 16.1 Å². The summed E-state index contributed by atoms with van der Waals surface area (Å²) in [6.45, 7) is 2.08. The second kappa shape index (κ2) is 5.06. The molecule has 0 unspecified atom stereocenters. The van der Waals surface area contributed by atoms with Crippen molar-refractivity contribution in [2.75, 3.05) is 20.2 Å². The molecule has 7 nitrogen and oxygen atoms in total. The van der Waals surface area contributed by atoms with Gasteiger partial charge >= 0.3 is 0 Å². The Balaban J connectivity index is 1.55. The molecule has 4 rings (SSSR count). The number of H-pyrrole nitrogens is 1. The summed E-state index contributed by atoms with van der Waals surface area (Å²) in [7, 11) is 1.64. The summed E-state index contributed by atoms with van der Waals surface area (Å²) in [5, 5.41) is 10.8. The molecule has 1 aromatic carbocycles. The number of aromatic amines is 1. The SMILES string of the molecule is COc1ccc2n[nH]c(CN3CC[C@]4(CC(=O)NC4=O)C3)c2c1. The van der Waals surface area contributed by atoms with Gasteiger partial charge < -0.3 is 4.74 Å². The number of aromatic nitrogens is 2. The third-order valence-corrected chi connectivity index (χ3v) is 4.89. The number of hydrogen-bond acceptors (Lipinski definition) is 5. The number of nitrogens with one attached hydrogen (secondary N) is 2. The van der Waals surface area contributed by atoms with E-state index in [1.807, 2.05) is 18.2 Å². The first-order valence-corrected chi connectivity index (χ1v) is 7.67. The van der Waals surface area contributed by atoms with Gasteiger partial charge in [0.25, 0.3) is 0 Å². The molecule has 0 saturated carbocycles. The molecule has 120 valence electrons. The number of carbonyl (C=O) groups is 2. The van der Waals surface area contributed by atoms with Gasteiger partial charge in [-0.1, -0.05) is 0 Å². The highest BCUT2D eigenvalue weighted by Gasteiger charge is 2.50. The minimum Gasteiger partial charge on any atom is -0.497 e. The van der Waals surface area contributed by atoms with Gasteiger partial charge in [-0.2, -0.15) is 5.10 Å². The number of imide groups is 1. The lowest BCUT2D eigenvalue weighted by molar-refractivity contribution is -0.128. The molecule has 2 aliphatic heterocycles. The van der Waals surface area contributed by atoms with E-state index in [0.717, 1.165) is 35.3 Å². The van der Waals surface area contributed by atoms with E-state index in [2.05, 4.69) is 20.4 Å². The predicted octanol–water partition coefficient (Wildman–Crippen LogP) is 0.810. The number of nitrogens with zero attached hydrogens (tertiary/aromatic N) is 2. The number of ether oxygens (including phenoxy) is 1. The Kier molecular flexibility index (Phi) is 3.12. The van der Waals surface area contributed by atoms with Crippen molar-refractivity contribution in [2.45, 2.75) is 19.4 Å². The molecule has 2 fully saturated rings. The van der Waals surface area contributed by atoms with Gasteiger partial charge in [-0.3, -0.25) is 24.9 Å². The van der Waals surface area contributed by atoms with E-state index in [1.165, 1.54) is 0 Å². The molecule has 2 amide bonds. The Hall–Kier alpha value is -2.41. The van der Waals surface area contributed by atoms with Gasteiger partial charge in [-0.05, 0) is 31.2 Å². The Morgan fingerprint density at radius 1 is 1.39 bits per heavy atom. The number of benzene rings is 1. The average molecular weight is 314 g/mol. The van der Waals surface area contributed by atoms with Crippen LogP contribution in [-0.4, -0.2) is 47.1 Å². The molecular weight excluding hydrogens is 296 g/mol. The maximum Gasteiger partial charge on any atom is 0.234 e. The number of fused-ring (bicyclic) bond motifs is 1. The summed E-state index contributed by atoms with van der Waals surface area (Å²) >= 11 is 0. The van der Waals surface area contributed by atoms with E-state index in [9.17, 15) is 9.59 Å². The molecule has 0 aliphatic carbocycles. The van der Waals surface area contributed by atoms with E-state index >= 15 is 0 Å². The Morgan fingerprint density at radius 2 is 2.26 bits per heavy atom. The number of rotatable bonds is 3. The van der Waals surface area contributed by atoms with Crippen LogP contribution in [0.3, 0.4) is 0 Å². The van der Waals surface area contributed by atoms with Gasteiger partial charge in [0.2, 0.25) is 11.8 Å². The molecule has 23 heavy (non-hydrogen) atoms. The first-order chi connectivity index (χ1) is 11.1. The zero-order valence-electron chi connectivity index (χ0n) is 12.9. The van der Waals surface area contributed by atoms with Crippen molar-refractivity contribution in [2.24, 2.45) is 5.41 Å². The summed E-state index contributed by atoms with van der Waals surface area (Å²) in [5.41, 5.74) is 1.36. The van der Waals surface area contributed by atoms with E-state index in [-0.39, 0.29) is 11.8 Å². The van der Waals surface area contributed by atoms with Crippen molar-refractivity contribution < 1.29 is 14.3 Å². The van der Waals surface area contributed by atoms with Crippen LogP contribution in [0.15, 0.2) is 18.2 Å². The van der Waals surface area contributed by atoms with Gasteiger partial charge in [0.05, 0.1) is 23.7 Å². The zero-order chi connectivity index (χ0) is 16.0. The minimum absolute atomic E-state index is 0.124. The molecular formula is C16H18N4O3. The van der Waals surface area contributed by atoms with Gasteiger partial charge in [0.1, 0.15) is 5.75 Å². The lowest BCUT2D eigenvalue weighted by Crippen LogP contribution is -2.34. The molecule has 1 aromatic heterocycles. The van der Waals surface area contributed by atoms with Crippen molar-refractivity contribution in [1.82, 2.24) is 20.4 Å². The van der Waals surface area contributed by atoms with Crippen LogP contribution >= 0.6 is 0 Å². The van der Waals surface area contributed by atoms with Gasteiger partial charge in [-0.15, -0.1) is 0 Å². The van der Waals surface area contributed by atoms with E-state index in [4.69, 9.17) is 4.74 Å². The molecule has 1 atom stereocenters. The number of methoxy groups -OCH3 is 1. The van der Waals surface area contributed by atoms with Crippen LogP contribution in [0.2, 0.25) is 0 Å². The van der Waals surface area contributed by atoms with E-state index < -0.39 is 5.41 Å². The molecule has 1 spiro atoms. The fourth-order valence-electron chi connectivity index (χ4n) is 3.63. The quantitative estimate of drug-likeness (QED) is 0.819. The summed E-state index contributed by atoms with van der Waals surface area (Å²) in [6.07, 6.45) is 1.03. The first-order valence-electron chi connectivity index (χ1n) is 7.67. The van der Waals surface area contributed by atoms with Crippen LogP contribution in [0, 0.1) is 5.41 Å². The number of likely N-dealkylation sites (tertiary alicyclic amines) is 1. The van der Waals surface area contributed by atoms with Gasteiger partial charge in [0, 0.05) is 24.9 Å². The average Bonchev–Trinajstić information content (AvgIpc) is 3.19. The Bertz CT molecular complexity index is 800. The third-order valence-electron chi connectivity index (χ3n) is 4.89. The normalized spacial score (nSPS) is 24.7. The van der Waals surface area contributed by atoms with Crippen molar-refractivity contribution in [3.05, 3.63) is 23.9 Å². The molecule has 3 heterocycles. The fraction of sp³-hybridized carbons (Fsp3) is 0.438. The Labute approximate surface area is 133 Å². The maximum absolute atomic E-state index is 12.1. The number of hydrogen-bond donors (Lipinski definition) is 2. The van der Waals surface area contributed by atoms with Crippen molar-refractivity contribution >= 4 is 22.7 Å². The molecule has 2 aromatic rings. The zero-order valence-corrected chi connectivity index (χ0v) is 12.9. The van der Waals surface area contributed by atoms with Crippen molar-refractivity contribution in [3.8, 4) is 5.75 Å². The lowest BCUT2D eigenvalue weighted by Gasteiger charge is -2.19. The predicted molar refractivity (Wildman–Crippen MR) is 82.7 cm³/mol. The van der Waals surface area contributed by atoms with Crippen LogP contribution < -0.4 is 10.1 Å². The highest BCUT2D eigenvalue weighted by molar-refractivity contribution is 6.06. The van der Waals surface area contributed by atoms with Crippen molar-refractivity contribution in [1.29, 1.82) is 0 Å². The number of carbonyl (C=O) groups excluding carboxylic acids is 2. The fourth-order valence-corrected chi connectivity index (χ4v) is 3.63. The van der Waals surface area contributed by atoms with Gasteiger partial charge in [0.15, 0.2) is 0 Å². The molecule has 7 heteroatoms. The molecule has 0 radical (unpaired) electrons. The van der Waals surface area contributed by atoms with Crippen LogP contribution in [0.4, 0.5) is 0 Å². The van der Waals surface area contributed by atoms with E-state index in [0.29, 0.717) is 19.5 Å². The maximum atomic E-state index is 12.1.